The summed E-state index contributed by atoms with van der Waals surface area (Å²) in [4.78, 5) is 13.5. The molecular weight excluding hydrogens is 235 g/mol. The van der Waals surface area contributed by atoms with E-state index in [1.165, 1.54) is 23.1 Å². The standard InChI is InChI=1S/C13H15FN2O2/c14-11-4-3-9(15)5-10(11)12(17)16-6-13(18,7-16)8-1-2-8/h3-5,8,18H,1-2,6-7,15H2. The van der Waals surface area contributed by atoms with Crippen molar-refractivity contribution < 1.29 is 14.3 Å². The number of carbonyl (C=O) groups excluding carboxylic acids is 1. The van der Waals surface area contributed by atoms with Gasteiger partial charge in [0, 0.05) is 5.69 Å². The molecule has 1 aromatic rings. The van der Waals surface area contributed by atoms with Gasteiger partial charge in [-0.05, 0) is 37.0 Å². The second-order valence-electron chi connectivity index (χ2n) is 5.28. The van der Waals surface area contributed by atoms with E-state index in [9.17, 15) is 14.3 Å². The Morgan fingerprint density at radius 3 is 2.72 bits per heavy atom. The fourth-order valence-electron chi connectivity index (χ4n) is 2.51. The highest BCUT2D eigenvalue weighted by Gasteiger charge is 2.53. The number of aliphatic hydroxyl groups is 1. The van der Waals surface area contributed by atoms with E-state index in [-0.39, 0.29) is 5.56 Å². The molecule has 1 amide bonds. The summed E-state index contributed by atoms with van der Waals surface area (Å²) in [5, 5.41) is 10.1. The summed E-state index contributed by atoms with van der Waals surface area (Å²) in [7, 11) is 0. The zero-order valence-corrected chi connectivity index (χ0v) is 9.90. The maximum atomic E-state index is 13.5. The minimum absolute atomic E-state index is 0.0205. The molecule has 0 spiro atoms. The number of nitrogens with two attached hydrogens (primary N) is 1. The van der Waals surface area contributed by atoms with E-state index in [0.29, 0.717) is 24.7 Å². The van der Waals surface area contributed by atoms with Crippen LogP contribution < -0.4 is 5.73 Å². The van der Waals surface area contributed by atoms with E-state index in [2.05, 4.69) is 0 Å². The van der Waals surface area contributed by atoms with Crippen LogP contribution in [-0.4, -0.2) is 34.6 Å². The van der Waals surface area contributed by atoms with E-state index in [1.54, 1.807) is 0 Å². The zero-order valence-electron chi connectivity index (χ0n) is 9.90. The van der Waals surface area contributed by atoms with E-state index >= 15 is 0 Å². The quantitative estimate of drug-likeness (QED) is 0.770. The topological polar surface area (TPSA) is 66.6 Å². The maximum Gasteiger partial charge on any atom is 0.257 e. The van der Waals surface area contributed by atoms with E-state index in [1.807, 2.05) is 0 Å². The van der Waals surface area contributed by atoms with Crippen LogP contribution in [0.3, 0.4) is 0 Å². The summed E-state index contributed by atoms with van der Waals surface area (Å²) in [6, 6.07) is 3.95. The highest BCUT2D eigenvalue weighted by molar-refractivity contribution is 5.96. The van der Waals surface area contributed by atoms with Crippen molar-refractivity contribution >= 4 is 11.6 Å². The Morgan fingerprint density at radius 1 is 1.44 bits per heavy atom. The van der Waals surface area contributed by atoms with Gasteiger partial charge in [-0.25, -0.2) is 4.39 Å². The van der Waals surface area contributed by atoms with E-state index in [4.69, 9.17) is 5.73 Å². The van der Waals surface area contributed by atoms with Crippen LogP contribution in [0, 0.1) is 11.7 Å². The lowest BCUT2D eigenvalue weighted by atomic mass is 9.88. The molecule has 5 heteroatoms. The average molecular weight is 250 g/mol. The molecule has 1 saturated heterocycles. The number of rotatable bonds is 2. The van der Waals surface area contributed by atoms with Crippen molar-refractivity contribution in [1.82, 2.24) is 4.90 Å². The molecule has 1 aromatic carbocycles. The molecule has 2 fully saturated rings. The fourth-order valence-corrected chi connectivity index (χ4v) is 2.51. The van der Waals surface area contributed by atoms with Crippen molar-refractivity contribution in [3.63, 3.8) is 0 Å². The predicted molar refractivity (Wildman–Crippen MR) is 64.4 cm³/mol. The first-order chi connectivity index (χ1) is 8.49. The molecule has 1 saturated carbocycles. The van der Waals surface area contributed by atoms with Crippen LogP contribution in [0.1, 0.15) is 23.2 Å². The Morgan fingerprint density at radius 2 is 2.11 bits per heavy atom. The molecule has 4 nitrogen and oxygen atoms in total. The SMILES string of the molecule is Nc1ccc(F)c(C(=O)N2CC(O)(C3CC3)C2)c1. The summed E-state index contributed by atoms with van der Waals surface area (Å²) >= 11 is 0. The summed E-state index contributed by atoms with van der Waals surface area (Å²) in [5.41, 5.74) is 5.14. The number of anilines is 1. The van der Waals surface area contributed by atoms with Crippen molar-refractivity contribution in [3.05, 3.63) is 29.6 Å². The summed E-state index contributed by atoms with van der Waals surface area (Å²) in [5.74, 6) is -0.659. The molecule has 0 radical (unpaired) electrons. The minimum Gasteiger partial charge on any atom is -0.399 e. The maximum absolute atomic E-state index is 13.5. The van der Waals surface area contributed by atoms with Gasteiger partial charge in [-0.15, -0.1) is 0 Å². The number of β-amino-alcohol motifs (C(OH)–C–C–N with tert-alkyl or cyclic N) is 1. The molecule has 3 N–H and O–H groups in total. The van der Waals surface area contributed by atoms with Crippen LogP contribution in [0.4, 0.5) is 10.1 Å². The van der Waals surface area contributed by atoms with Crippen LogP contribution in [0.25, 0.3) is 0 Å². The van der Waals surface area contributed by atoms with Gasteiger partial charge in [0.05, 0.1) is 18.7 Å². The third-order valence-electron chi connectivity index (χ3n) is 3.77. The molecule has 1 aliphatic carbocycles. The van der Waals surface area contributed by atoms with Crippen LogP contribution in [0.5, 0.6) is 0 Å². The van der Waals surface area contributed by atoms with Gasteiger partial charge in [0.2, 0.25) is 0 Å². The second-order valence-corrected chi connectivity index (χ2v) is 5.28. The Hall–Kier alpha value is -1.62. The first kappa shape index (κ1) is 11.5. The predicted octanol–water partition coefficient (Wildman–Crippen LogP) is 1.00. The lowest BCUT2D eigenvalue weighted by Crippen LogP contribution is -2.64. The largest absolute Gasteiger partial charge is 0.399 e. The van der Waals surface area contributed by atoms with Gasteiger partial charge in [-0.3, -0.25) is 4.79 Å². The number of hydrogen-bond acceptors (Lipinski definition) is 3. The summed E-state index contributed by atoms with van der Waals surface area (Å²) in [6.07, 6.45) is 2.04. The first-order valence-corrected chi connectivity index (χ1v) is 6.06. The molecule has 3 rings (SSSR count). The number of carbonyl (C=O) groups is 1. The number of amides is 1. The Kier molecular flexibility index (Phi) is 2.35. The minimum atomic E-state index is -0.744. The Labute approximate surface area is 104 Å². The van der Waals surface area contributed by atoms with Crippen molar-refractivity contribution in [3.8, 4) is 0 Å². The van der Waals surface area contributed by atoms with E-state index < -0.39 is 17.3 Å². The highest BCUT2D eigenvalue weighted by atomic mass is 19.1. The summed E-state index contributed by atoms with van der Waals surface area (Å²) in [6.45, 7) is 0.593. The van der Waals surface area contributed by atoms with Crippen molar-refractivity contribution in [2.45, 2.75) is 18.4 Å². The molecule has 18 heavy (non-hydrogen) atoms. The fraction of sp³-hybridized carbons (Fsp3) is 0.462. The molecule has 0 unspecified atom stereocenters. The monoisotopic (exact) mass is 250 g/mol. The van der Waals surface area contributed by atoms with Gasteiger partial charge < -0.3 is 15.7 Å². The van der Waals surface area contributed by atoms with Crippen molar-refractivity contribution in [1.29, 1.82) is 0 Å². The number of likely N-dealkylation sites (tertiary alicyclic amines) is 1. The molecule has 0 atom stereocenters. The third-order valence-corrected chi connectivity index (χ3v) is 3.77. The summed E-state index contributed by atoms with van der Waals surface area (Å²) < 4.78 is 13.5. The number of hydrogen-bond donors (Lipinski definition) is 2. The van der Waals surface area contributed by atoms with Crippen LogP contribution in [0.15, 0.2) is 18.2 Å². The lowest BCUT2D eigenvalue weighted by Gasteiger charge is -2.47. The number of benzene rings is 1. The van der Waals surface area contributed by atoms with E-state index in [0.717, 1.165) is 12.8 Å². The van der Waals surface area contributed by atoms with Gasteiger partial charge in [0.1, 0.15) is 11.4 Å². The molecule has 1 aliphatic heterocycles. The molecule has 0 bridgehead atoms. The van der Waals surface area contributed by atoms with Crippen LogP contribution in [-0.2, 0) is 0 Å². The Bertz CT molecular complexity index is 508. The molecule has 96 valence electrons. The average Bonchev–Trinajstić information content (AvgIpc) is 3.11. The van der Waals surface area contributed by atoms with Gasteiger partial charge in [-0.2, -0.15) is 0 Å². The van der Waals surface area contributed by atoms with Crippen molar-refractivity contribution in [2.24, 2.45) is 5.92 Å². The third kappa shape index (κ3) is 1.75. The number of nitrogens with zero attached hydrogens (tertiary/aromatic N) is 1. The van der Waals surface area contributed by atoms with Gasteiger partial charge >= 0.3 is 0 Å². The Balaban J connectivity index is 1.74. The first-order valence-electron chi connectivity index (χ1n) is 6.06. The zero-order chi connectivity index (χ0) is 12.9. The van der Waals surface area contributed by atoms with Crippen LogP contribution in [0.2, 0.25) is 0 Å². The smallest absolute Gasteiger partial charge is 0.257 e. The van der Waals surface area contributed by atoms with Gasteiger partial charge in [0.25, 0.3) is 5.91 Å². The van der Waals surface area contributed by atoms with Crippen molar-refractivity contribution in [2.75, 3.05) is 18.8 Å². The highest BCUT2D eigenvalue weighted by Crippen LogP contribution is 2.44. The van der Waals surface area contributed by atoms with Gasteiger partial charge in [0.15, 0.2) is 0 Å². The molecule has 1 heterocycles. The lowest BCUT2D eigenvalue weighted by molar-refractivity contribution is -0.0959. The van der Waals surface area contributed by atoms with Gasteiger partial charge in [-0.1, -0.05) is 0 Å². The number of nitrogen functional groups attached to an aromatic ring is 1. The molecule has 2 aliphatic rings. The van der Waals surface area contributed by atoms with Crippen LogP contribution >= 0.6 is 0 Å². The molecular formula is C13H15FN2O2. The molecule has 0 aromatic heterocycles. The number of halogens is 1. The normalized spacial score (nSPS) is 21.6. The second kappa shape index (κ2) is 3.68.